The molecule has 0 aliphatic rings. The van der Waals surface area contributed by atoms with E-state index in [2.05, 4.69) is 25.6 Å². The number of pyridine rings is 3. The normalized spacial score (nSPS) is 11.8. The monoisotopic (exact) mass is 496 g/mol. The van der Waals surface area contributed by atoms with E-state index >= 15 is 0 Å². The van der Waals surface area contributed by atoms with E-state index in [9.17, 15) is 26.4 Å². The van der Waals surface area contributed by atoms with Crippen LogP contribution in [-0.4, -0.2) is 60.5 Å². The molecule has 34 heavy (non-hydrogen) atoms. The Hall–Kier alpha value is -3.78. The van der Waals surface area contributed by atoms with Crippen LogP contribution in [0.1, 0.15) is 10.4 Å². The molecule has 14 heteroatoms. The van der Waals surface area contributed by atoms with Gasteiger partial charge in [0.15, 0.2) is 6.61 Å². The van der Waals surface area contributed by atoms with Gasteiger partial charge in [0, 0.05) is 44.3 Å². The Balaban J connectivity index is 1.72. The van der Waals surface area contributed by atoms with Crippen LogP contribution in [0.2, 0.25) is 0 Å². The smallest absolute Gasteiger partial charge is 0.422 e. The van der Waals surface area contributed by atoms with Gasteiger partial charge in [0.05, 0.1) is 6.20 Å². The molecular weight excluding hydrogens is 477 g/mol. The minimum Gasteiger partial charge on any atom is -0.482 e. The van der Waals surface area contributed by atoms with E-state index in [-0.39, 0.29) is 33.5 Å². The lowest BCUT2D eigenvalue weighted by atomic mass is 10.2. The number of nitrogens with zero attached hydrogens (tertiary/aromatic N) is 4. The van der Waals surface area contributed by atoms with Crippen LogP contribution in [0.3, 0.4) is 0 Å². The van der Waals surface area contributed by atoms with Gasteiger partial charge in [-0.25, -0.2) is 22.7 Å². The van der Waals surface area contributed by atoms with E-state index in [4.69, 9.17) is 4.74 Å². The third kappa shape index (κ3) is 6.39. The lowest BCUT2D eigenvalue weighted by Gasteiger charge is -2.13. The van der Waals surface area contributed by atoms with Crippen molar-refractivity contribution in [2.45, 2.75) is 11.1 Å². The van der Waals surface area contributed by atoms with Gasteiger partial charge in [0.1, 0.15) is 28.0 Å². The van der Waals surface area contributed by atoms with E-state index in [1.807, 2.05) is 0 Å². The van der Waals surface area contributed by atoms with Crippen LogP contribution >= 0.6 is 0 Å². The Morgan fingerprint density at radius 1 is 1.06 bits per heavy atom. The number of carbonyl (C=O) groups excluding carboxylic acids is 1. The predicted octanol–water partition coefficient (Wildman–Crippen LogP) is 3.06. The molecule has 0 fully saturated rings. The molecule has 0 radical (unpaired) electrons. The second kappa shape index (κ2) is 10.0. The predicted molar refractivity (Wildman–Crippen MR) is 116 cm³/mol. The molecule has 0 aliphatic carbocycles. The number of hydrogen-bond acceptors (Lipinski definition) is 8. The molecule has 3 aromatic rings. The number of nitrogens with one attached hydrogen (secondary N) is 2. The van der Waals surface area contributed by atoms with Crippen LogP contribution in [0.4, 0.5) is 30.5 Å². The fourth-order valence-corrected chi connectivity index (χ4v) is 3.39. The number of halogens is 3. The van der Waals surface area contributed by atoms with Gasteiger partial charge in [-0.2, -0.15) is 13.2 Å². The zero-order valence-electron chi connectivity index (χ0n) is 17.9. The maximum absolute atomic E-state index is 12.6. The van der Waals surface area contributed by atoms with E-state index < -0.39 is 28.7 Å². The van der Waals surface area contributed by atoms with Crippen LogP contribution in [0.5, 0.6) is 5.75 Å². The zero-order valence-corrected chi connectivity index (χ0v) is 18.7. The summed E-state index contributed by atoms with van der Waals surface area (Å²) in [5.74, 6) is -0.332. The van der Waals surface area contributed by atoms with Crippen LogP contribution in [0.15, 0.2) is 60.0 Å². The fourth-order valence-electron chi connectivity index (χ4n) is 2.54. The van der Waals surface area contributed by atoms with Crippen LogP contribution < -0.4 is 15.4 Å². The summed E-state index contributed by atoms with van der Waals surface area (Å²) in [6, 6.07) is 6.78. The average Bonchev–Trinajstić information content (AvgIpc) is 2.78. The van der Waals surface area contributed by atoms with Gasteiger partial charge in [-0.3, -0.25) is 9.78 Å². The number of ether oxygens (including phenoxy) is 1. The summed E-state index contributed by atoms with van der Waals surface area (Å²) < 4.78 is 67.4. The minimum absolute atomic E-state index is 0.00385. The van der Waals surface area contributed by atoms with Gasteiger partial charge in [0.2, 0.25) is 10.0 Å². The molecule has 0 aromatic carbocycles. The highest BCUT2D eigenvalue weighted by Crippen LogP contribution is 2.26. The second-order valence-corrected chi connectivity index (χ2v) is 9.10. The molecule has 0 atom stereocenters. The van der Waals surface area contributed by atoms with Crippen LogP contribution in [0.25, 0.3) is 0 Å². The summed E-state index contributed by atoms with van der Waals surface area (Å²) in [5.41, 5.74) is 0.0948. The van der Waals surface area contributed by atoms with E-state index in [0.717, 1.165) is 10.5 Å². The molecule has 1 amide bonds. The molecule has 0 saturated carbocycles. The largest absolute Gasteiger partial charge is 0.482 e. The van der Waals surface area contributed by atoms with Gasteiger partial charge in [-0.15, -0.1) is 0 Å². The van der Waals surface area contributed by atoms with Crippen molar-refractivity contribution >= 4 is 33.3 Å². The van der Waals surface area contributed by atoms with Gasteiger partial charge >= 0.3 is 6.18 Å². The molecular formula is C20H19F3N6O4S. The first kappa shape index (κ1) is 24.9. The molecule has 0 saturated heterocycles. The second-order valence-electron chi connectivity index (χ2n) is 6.95. The van der Waals surface area contributed by atoms with Gasteiger partial charge < -0.3 is 15.4 Å². The Labute approximate surface area is 192 Å². The third-order valence-corrected chi connectivity index (χ3v) is 6.01. The average molecular weight is 496 g/mol. The van der Waals surface area contributed by atoms with Crippen molar-refractivity contribution in [3.8, 4) is 5.75 Å². The fraction of sp³-hybridized carbons (Fsp3) is 0.200. The van der Waals surface area contributed by atoms with E-state index in [1.165, 1.54) is 63.0 Å². The van der Waals surface area contributed by atoms with E-state index in [0.29, 0.717) is 0 Å². The van der Waals surface area contributed by atoms with Gasteiger partial charge in [-0.1, -0.05) is 0 Å². The maximum atomic E-state index is 12.6. The standard InChI is InChI=1S/C20H19F3N6O4S/c1-29(2)34(31,32)14-3-4-17(26-10-14)28-18-9-13(5-8-25-18)19(30)27-15-11-24-7-6-16(15)33-12-20(21,22)23/h3-11H,12H2,1-2H3,(H,27,30)(H,25,26,28). The number of alkyl halides is 3. The zero-order chi connectivity index (χ0) is 24.9. The highest BCUT2D eigenvalue weighted by molar-refractivity contribution is 7.89. The van der Waals surface area contributed by atoms with Gasteiger partial charge in [-0.05, 0) is 24.3 Å². The summed E-state index contributed by atoms with van der Waals surface area (Å²) in [6.07, 6.45) is 0.375. The number of rotatable bonds is 8. The number of anilines is 3. The topological polar surface area (TPSA) is 126 Å². The number of amides is 1. The number of carbonyl (C=O) groups is 1. The molecule has 3 rings (SSSR count). The van der Waals surface area contributed by atoms with Crippen molar-refractivity contribution in [2.24, 2.45) is 0 Å². The first-order chi connectivity index (χ1) is 16.0. The SMILES string of the molecule is CN(C)S(=O)(=O)c1ccc(Nc2cc(C(=O)Nc3cnccc3OCC(F)(F)F)ccn2)nc1. The maximum Gasteiger partial charge on any atom is 0.422 e. The van der Waals surface area contributed by atoms with Crippen molar-refractivity contribution in [2.75, 3.05) is 31.3 Å². The molecule has 3 heterocycles. The highest BCUT2D eigenvalue weighted by Gasteiger charge is 2.29. The van der Waals surface area contributed by atoms with Crippen LogP contribution in [0, 0.1) is 0 Å². The minimum atomic E-state index is -4.54. The first-order valence-corrected chi connectivity index (χ1v) is 11.0. The summed E-state index contributed by atoms with van der Waals surface area (Å²) >= 11 is 0. The Kier molecular flexibility index (Phi) is 7.32. The highest BCUT2D eigenvalue weighted by atomic mass is 32.2. The molecule has 10 nitrogen and oxygen atoms in total. The van der Waals surface area contributed by atoms with Crippen LogP contribution in [-0.2, 0) is 10.0 Å². The molecule has 0 aliphatic heterocycles. The molecule has 180 valence electrons. The molecule has 0 unspecified atom stereocenters. The summed E-state index contributed by atoms with van der Waals surface area (Å²) in [4.78, 5) is 24.5. The Morgan fingerprint density at radius 2 is 1.82 bits per heavy atom. The summed E-state index contributed by atoms with van der Waals surface area (Å²) in [6.45, 7) is -1.52. The molecule has 2 N–H and O–H groups in total. The summed E-state index contributed by atoms with van der Waals surface area (Å²) in [7, 11) is -0.830. The Bertz CT molecular complexity index is 1270. The number of aromatic nitrogens is 3. The van der Waals surface area contributed by atoms with Crippen molar-refractivity contribution in [3.63, 3.8) is 0 Å². The lowest BCUT2D eigenvalue weighted by molar-refractivity contribution is -0.153. The van der Waals surface area contributed by atoms with E-state index in [1.54, 1.807) is 0 Å². The third-order valence-electron chi connectivity index (χ3n) is 4.21. The lowest BCUT2D eigenvalue weighted by Crippen LogP contribution is -2.22. The van der Waals surface area contributed by atoms with Crippen molar-refractivity contribution in [1.29, 1.82) is 0 Å². The molecule has 0 spiro atoms. The van der Waals surface area contributed by atoms with Crippen molar-refractivity contribution in [3.05, 3.63) is 60.7 Å². The summed E-state index contributed by atoms with van der Waals surface area (Å²) in [5, 5.41) is 5.30. The van der Waals surface area contributed by atoms with Crippen molar-refractivity contribution < 1.29 is 31.1 Å². The molecule has 0 bridgehead atoms. The first-order valence-electron chi connectivity index (χ1n) is 9.52. The quantitative estimate of drug-likeness (QED) is 0.487. The van der Waals surface area contributed by atoms with Gasteiger partial charge in [0.25, 0.3) is 5.91 Å². The number of hydrogen-bond donors (Lipinski definition) is 2. The molecule has 3 aromatic heterocycles. The Morgan fingerprint density at radius 3 is 2.47 bits per heavy atom. The van der Waals surface area contributed by atoms with Crippen molar-refractivity contribution in [1.82, 2.24) is 19.3 Å². The number of sulfonamides is 1.